The van der Waals surface area contributed by atoms with Gasteiger partial charge in [0.05, 0.1) is 1.37 Å². The highest BCUT2D eigenvalue weighted by Gasteiger charge is 1.64. The molecular formula is C6H12. The molecule has 0 heterocycles. The first-order chi connectivity index (χ1) is 3.31. The van der Waals surface area contributed by atoms with Gasteiger partial charge in [-0.2, -0.15) is 0 Å². The van der Waals surface area contributed by atoms with Crippen LogP contribution < -0.4 is 0 Å². The molecule has 0 N–H and O–H groups in total. The summed E-state index contributed by atoms with van der Waals surface area (Å²) in [6.07, 6.45) is 3.85. The van der Waals surface area contributed by atoms with Crippen LogP contribution in [-0.4, -0.2) is 0 Å². The smallest absolute Gasteiger partial charge is 0.0572 e. The van der Waals surface area contributed by atoms with Gasteiger partial charge in [-0.25, -0.2) is 0 Å². The molecule has 0 unspecified atom stereocenters. The molecule has 0 heteroatoms. The van der Waals surface area contributed by atoms with Crippen molar-refractivity contribution in [2.45, 2.75) is 26.7 Å². The van der Waals surface area contributed by atoms with Gasteiger partial charge in [0.25, 0.3) is 0 Å². The van der Waals surface area contributed by atoms with E-state index < -0.39 is 0 Å². The van der Waals surface area contributed by atoms with Crippen molar-refractivity contribution >= 4 is 0 Å². The maximum atomic E-state index is 7.08. The fourth-order valence-corrected chi connectivity index (χ4v) is 0.289. The summed E-state index contributed by atoms with van der Waals surface area (Å²) in [5.41, 5.74) is 0. The lowest BCUT2D eigenvalue weighted by atomic mass is 10.3. The Hall–Kier alpha value is -0.260. The lowest BCUT2D eigenvalue weighted by Crippen LogP contribution is -1.55. The third-order valence-electron chi connectivity index (χ3n) is 0.598. The summed E-state index contributed by atoms with van der Waals surface area (Å²) >= 11 is 0. The van der Waals surface area contributed by atoms with Crippen LogP contribution in [-0.2, 0) is 0 Å². The third kappa shape index (κ3) is 3.74. The van der Waals surface area contributed by atoms with Crippen molar-refractivity contribution in [3.63, 3.8) is 0 Å². The Morgan fingerprint density at radius 2 is 2.50 bits per heavy atom. The molecule has 0 aromatic carbocycles. The van der Waals surface area contributed by atoms with E-state index in [1.807, 2.05) is 13.0 Å². The number of hydrogen-bond donors (Lipinski definition) is 0. The Labute approximate surface area is 41.3 Å². The number of allylic oxidation sites excluding steroid dienone is 2. The van der Waals surface area contributed by atoms with Gasteiger partial charge in [-0.15, -0.1) is 0 Å². The van der Waals surface area contributed by atoms with E-state index in [0.29, 0.717) is 0 Å². The van der Waals surface area contributed by atoms with Crippen LogP contribution in [0.2, 0.25) is 0 Å². The average Bonchev–Trinajstić information content (AvgIpc) is 1.68. The van der Waals surface area contributed by atoms with Gasteiger partial charge in [-0.3, -0.25) is 0 Å². The monoisotopic (exact) mass is 85.1 g/mol. The molecule has 0 rings (SSSR count). The molecule has 0 bridgehead atoms. The molecule has 0 nitrogen and oxygen atoms in total. The highest BCUT2D eigenvalue weighted by atomic mass is 13.7. The van der Waals surface area contributed by atoms with Crippen LogP contribution in [0.25, 0.3) is 0 Å². The summed E-state index contributed by atoms with van der Waals surface area (Å²) in [5.74, 6) is 0. The van der Waals surface area contributed by atoms with Crippen molar-refractivity contribution in [3.05, 3.63) is 12.1 Å². The Morgan fingerprint density at radius 3 is 2.67 bits per heavy atom. The van der Waals surface area contributed by atoms with E-state index in [4.69, 9.17) is 1.37 Å². The van der Waals surface area contributed by atoms with Crippen LogP contribution in [0.1, 0.15) is 28.1 Å². The molecule has 0 amide bonds. The summed E-state index contributed by atoms with van der Waals surface area (Å²) in [6.45, 7) is 3.98. The van der Waals surface area contributed by atoms with E-state index in [1.54, 1.807) is 0 Å². The average molecular weight is 85.2 g/mol. The standard InChI is InChI=1S/C6H12/c1-3-5-6-4-2/h3,5H,4,6H2,1-2H3/b5-3-/i5D. The summed E-state index contributed by atoms with van der Waals surface area (Å²) in [6, 6.07) is 0.752. The SMILES string of the molecule is [2H]/C(=C/C)CCC. The van der Waals surface area contributed by atoms with Crippen LogP contribution in [0.3, 0.4) is 0 Å². The van der Waals surface area contributed by atoms with Crippen LogP contribution in [0.15, 0.2) is 12.1 Å². The molecule has 0 atom stereocenters. The van der Waals surface area contributed by atoms with E-state index in [0.717, 1.165) is 18.9 Å². The Morgan fingerprint density at radius 1 is 1.83 bits per heavy atom. The van der Waals surface area contributed by atoms with Crippen LogP contribution in [0, 0.1) is 0 Å². The molecule has 0 saturated heterocycles. The highest BCUT2D eigenvalue weighted by molar-refractivity contribution is 4.75. The first-order valence-corrected chi connectivity index (χ1v) is 2.43. The van der Waals surface area contributed by atoms with E-state index in [1.165, 1.54) is 0 Å². The van der Waals surface area contributed by atoms with Gasteiger partial charge in [0.2, 0.25) is 0 Å². The first-order valence-electron chi connectivity index (χ1n) is 2.93. The van der Waals surface area contributed by atoms with Crippen molar-refractivity contribution in [2.24, 2.45) is 0 Å². The maximum Gasteiger partial charge on any atom is 0.0572 e. The van der Waals surface area contributed by atoms with Crippen LogP contribution >= 0.6 is 0 Å². The number of rotatable bonds is 2. The molecule has 0 aliphatic carbocycles. The maximum absolute atomic E-state index is 7.08. The molecule has 0 fully saturated rings. The Kier molecular flexibility index (Phi) is 3.09. The minimum atomic E-state index is 0.752. The first kappa shape index (κ1) is 3.91. The van der Waals surface area contributed by atoms with Crippen molar-refractivity contribution < 1.29 is 1.37 Å². The number of hydrogen-bond acceptors (Lipinski definition) is 0. The second-order valence-corrected chi connectivity index (χ2v) is 1.24. The van der Waals surface area contributed by atoms with Crippen LogP contribution in [0.4, 0.5) is 0 Å². The zero-order chi connectivity index (χ0) is 5.70. The lowest BCUT2D eigenvalue weighted by molar-refractivity contribution is 0.957. The molecular weight excluding hydrogens is 72.1 g/mol. The predicted molar refractivity (Wildman–Crippen MR) is 29.7 cm³/mol. The summed E-state index contributed by atoms with van der Waals surface area (Å²) in [4.78, 5) is 0. The summed E-state index contributed by atoms with van der Waals surface area (Å²) < 4.78 is 7.08. The predicted octanol–water partition coefficient (Wildman–Crippen LogP) is 2.36. The normalized spacial score (nSPS) is 14.3. The molecule has 0 aliphatic heterocycles. The van der Waals surface area contributed by atoms with Gasteiger partial charge < -0.3 is 0 Å². The lowest BCUT2D eigenvalue weighted by Gasteiger charge is -1.76. The van der Waals surface area contributed by atoms with E-state index in [9.17, 15) is 0 Å². The van der Waals surface area contributed by atoms with E-state index in [-0.39, 0.29) is 0 Å². The van der Waals surface area contributed by atoms with Gasteiger partial charge in [-0.1, -0.05) is 25.5 Å². The molecule has 0 aromatic heterocycles. The summed E-state index contributed by atoms with van der Waals surface area (Å²) in [5, 5.41) is 0. The van der Waals surface area contributed by atoms with Gasteiger partial charge in [0.15, 0.2) is 0 Å². The molecule has 0 saturated carbocycles. The molecule has 36 valence electrons. The van der Waals surface area contributed by atoms with Crippen molar-refractivity contribution in [1.82, 2.24) is 0 Å². The molecule has 6 heavy (non-hydrogen) atoms. The van der Waals surface area contributed by atoms with Gasteiger partial charge >= 0.3 is 0 Å². The second-order valence-electron chi connectivity index (χ2n) is 1.24. The quantitative estimate of drug-likeness (QED) is 0.451. The zero-order valence-electron chi connectivity index (χ0n) is 5.49. The van der Waals surface area contributed by atoms with E-state index >= 15 is 0 Å². The summed E-state index contributed by atoms with van der Waals surface area (Å²) in [7, 11) is 0. The van der Waals surface area contributed by atoms with Crippen molar-refractivity contribution in [3.8, 4) is 0 Å². The fourth-order valence-electron chi connectivity index (χ4n) is 0.289. The molecule has 0 aromatic rings. The second kappa shape index (κ2) is 4.74. The zero-order valence-corrected chi connectivity index (χ0v) is 4.49. The van der Waals surface area contributed by atoms with Gasteiger partial charge in [-0.05, 0) is 13.3 Å². The van der Waals surface area contributed by atoms with E-state index in [2.05, 4.69) is 6.92 Å². The van der Waals surface area contributed by atoms with Crippen molar-refractivity contribution in [1.29, 1.82) is 0 Å². The fraction of sp³-hybridized carbons (Fsp3) is 0.667. The Balaban J connectivity index is 3.17. The van der Waals surface area contributed by atoms with Gasteiger partial charge in [0.1, 0.15) is 0 Å². The minimum Gasteiger partial charge on any atom is -0.0917 e. The molecule has 0 aliphatic rings. The topological polar surface area (TPSA) is 0 Å². The Bertz CT molecular complexity index is 64.6. The molecule has 0 spiro atoms. The third-order valence-corrected chi connectivity index (χ3v) is 0.598. The molecule has 0 radical (unpaired) electrons. The van der Waals surface area contributed by atoms with Crippen LogP contribution in [0.5, 0.6) is 0 Å². The largest absolute Gasteiger partial charge is 0.0917 e. The van der Waals surface area contributed by atoms with Gasteiger partial charge in [0, 0.05) is 0 Å². The highest BCUT2D eigenvalue weighted by Crippen LogP contribution is 1.85. The minimum absolute atomic E-state index is 0.752. The van der Waals surface area contributed by atoms with Crippen molar-refractivity contribution in [2.75, 3.05) is 0 Å².